The number of hydrogen-bond donors (Lipinski definition) is 1. The number of para-hydroxylation sites is 2. The molecule has 3 unspecified atom stereocenters. The van der Waals surface area contributed by atoms with Gasteiger partial charge in [-0.3, -0.25) is 0 Å². The maximum absolute atomic E-state index is 3.88. The summed E-state index contributed by atoms with van der Waals surface area (Å²) in [7, 11) is 0. The molecule has 2 aliphatic rings. The Kier molecular flexibility index (Phi) is 4.72. The first-order valence-corrected chi connectivity index (χ1v) is 8.84. The standard InChI is InChI=1S/C19H30N2/c1-15-10-11-17(16(2)14-15)20-18-8-4-5-9-19(18)21-12-6-3-7-13-21/h4-5,8-9,15-17,20H,3,6-7,10-14H2,1-2H3. The molecule has 1 saturated heterocycles. The Morgan fingerprint density at radius 3 is 2.52 bits per heavy atom. The molecule has 1 aliphatic heterocycles. The average Bonchev–Trinajstić information content (AvgIpc) is 2.51. The lowest BCUT2D eigenvalue weighted by atomic mass is 9.80. The van der Waals surface area contributed by atoms with Gasteiger partial charge in [-0.25, -0.2) is 0 Å². The topological polar surface area (TPSA) is 15.3 Å². The Labute approximate surface area is 129 Å². The molecule has 1 aromatic carbocycles. The van der Waals surface area contributed by atoms with Crippen LogP contribution in [0.5, 0.6) is 0 Å². The lowest BCUT2D eigenvalue weighted by Crippen LogP contribution is -2.35. The largest absolute Gasteiger partial charge is 0.380 e. The van der Waals surface area contributed by atoms with E-state index in [0.717, 1.165) is 11.8 Å². The van der Waals surface area contributed by atoms with Gasteiger partial charge in [0.25, 0.3) is 0 Å². The van der Waals surface area contributed by atoms with Crippen molar-refractivity contribution >= 4 is 11.4 Å². The van der Waals surface area contributed by atoms with Gasteiger partial charge in [0.05, 0.1) is 11.4 Å². The second-order valence-electron chi connectivity index (χ2n) is 7.21. The van der Waals surface area contributed by atoms with Gasteiger partial charge in [-0.05, 0) is 62.5 Å². The van der Waals surface area contributed by atoms with Crippen LogP contribution in [0.15, 0.2) is 24.3 Å². The van der Waals surface area contributed by atoms with Gasteiger partial charge in [-0.2, -0.15) is 0 Å². The Bertz CT molecular complexity index is 451. The zero-order valence-electron chi connectivity index (χ0n) is 13.6. The van der Waals surface area contributed by atoms with Gasteiger partial charge >= 0.3 is 0 Å². The minimum absolute atomic E-state index is 0.646. The second kappa shape index (κ2) is 6.72. The molecule has 3 atom stereocenters. The molecule has 1 aromatic rings. The van der Waals surface area contributed by atoms with E-state index in [2.05, 4.69) is 48.3 Å². The van der Waals surface area contributed by atoms with Gasteiger partial charge in [0.15, 0.2) is 0 Å². The molecule has 2 heteroatoms. The third kappa shape index (κ3) is 3.53. The first kappa shape index (κ1) is 14.7. The summed E-state index contributed by atoms with van der Waals surface area (Å²) in [6.07, 6.45) is 8.12. The molecule has 3 rings (SSSR count). The van der Waals surface area contributed by atoms with E-state index < -0.39 is 0 Å². The Balaban J connectivity index is 1.73. The molecule has 1 aliphatic carbocycles. The van der Waals surface area contributed by atoms with Crippen molar-refractivity contribution in [2.75, 3.05) is 23.3 Å². The molecule has 1 saturated carbocycles. The number of anilines is 2. The smallest absolute Gasteiger partial charge is 0.0602 e. The minimum Gasteiger partial charge on any atom is -0.380 e. The monoisotopic (exact) mass is 286 g/mol. The van der Waals surface area contributed by atoms with Crippen molar-refractivity contribution in [1.82, 2.24) is 0 Å². The van der Waals surface area contributed by atoms with Crippen LogP contribution in [0.1, 0.15) is 52.4 Å². The summed E-state index contributed by atoms with van der Waals surface area (Å²) in [6.45, 7) is 7.25. The fourth-order valence-electron chi connectivity index (χ4n) is 4.09. The zero-order valence-corrected chi connectivity index (χ0v) is 13.6. The van der Waals surface area contributed by atoms with E-state index in [4.69, 9.17) is 0 Å². The van der Waals surface area contributed by atoms with E-state index in [1.807, 2.05) is 0 Å². The van der Waals surface area contributed by atoms with Gasteiger partial charge in [-0.15, -0.1) is 0 Å². The molecule has 0 spiro atoms. The molecule has 2 nitrogen and oxygen atoms in total. The van der Waals surface area contributed by atoms with Crippen molar-refractivity contribution < 1.29 is 0 Å². The Hall–Kier alpha value is -1.18. The summed E-state index contributed by atoms with van der Waals surface area (Å²) in [5, 5.41) is 3.88. The minimum atomic E-state index is 0.646. The highest BCUT2D eigenvalue weighted by Crippen LogP contribution is 2.34. The summed E-state index contributed by atoms with van der Waals surface area (Å²) in [6, 6.07) is 9.57. The number of piperidine rings is 1. The first-order valence-electron chi connectivity index (χ1n) is 8.84. The highest BCUT2D eigenvalue weighted by molar-refractivity contribution is 5.70. The van der Waals surface area contributed by atoms with Crippen LogP contribution >= 0.6 is 0 Å². The van der Waals surface area contributed by atoms with E-state index >= 15 is 0 Å². The van der Waals surface area contributed by atoms with Gasteiger partial charge in [0, 0.05) is 19.1 Å². The molecule has 21 heavy (non-hydrogen) atoms. The molecular formula is C19H30N2. The summed E-state index contributed by atoms with van der Waals surface area (Å²) in [5.74, 6) is 1.68. The normalized spacial score (nSPS) is 30.2. The maximum Gasteiger partial charge on any atom is 0.0602 e. The predicted molar refractivity (Wildman–Crippen MR) is 92.1 cm³/mol. The quantitative estimate of drug-likeness (QED) is 0.849. The third-order valence-corrected chi connectivity index (χ3v) is 5.37. The molecule has 0 radical (unpaired) electrons. The van der Waals surface area contributed by atoms with Crippen LogP contribution < -0.4 is 10.2 Å². The van der Waals surface area contributed by atoms with E-state index in [1.165, 1.54) is 63.0 Å². The van der Waals surface area contributed by atoms with Gasteiger partial charge in [0.2, 0.25) is 0 Å². The van der Waals surface area contributed by atoms with E-state index in [9.17, 15) is 0 Å². The molecule has 2 fully saturated rings. The van der Waals surface area contributed by atoms with Crippen molar-refractivity contribution in [3.63, 3.8) is 0 Å². The highest BCUT2D eigenvalue weighted by Gasteiger charge is 2.26. The van der Waals surface area contributed by atoms with Crippen molar-refractivity contribution in [3.8, 4) is 0 Å². The summed E-state index contributed by atoms with van der Waals surface area (Å²) in [4.78, 5) is 2.57. The first-order chi connectivity index (χ1) is 10.2. The number of hydrogen-bond acceptors (Lipinski definition) is 2. The second-order valence-corrected chi connectivity index (χ2v) is 7.21. The zero-order chi connectivity index (χ0) is 14.7. The van der Waals surface area contributed by atoms with Gasteiger partial charge < -0.3 is 10.2 Å². The molecule has 1 heterocycles. The number of rotatable bonds is 3. The Morgan fingerprint density at radius 1 is 1.00 bits per heavy atom. The SMILES string of the molecule is CC1CCC(Nc2ccccc2N2CCCCC2)C(C)C1. The fraction of sp³-hybridized carbons (Fsp3) is 0.684. The fourth-order valence-corrected chi connectivity index (χ4v) is 4.09. The van der Waals surface area contributed by atoms with Crippen molar-refractivity contribution in [2.24, 2.45) is 11.8 Å². The van der Waals surface area contributed by atoms with Crippen LogP contribution in [-0.4, -0.2) is 19.1 Å². The molecule has 0 bridgehead atoms. The Morgan fingerprint density at radius 2 is 1.76 bits per heavy atom. The van der Waals surface area contributed by atoms with Gasteiger partial charge in [0.1, 0.15) is 0 Å². The van der Waals surface area contributed by atoms with E-state index in [1.54, 1.807) is 0 Å². The predicted octanol–water partition coefficient (Wildman–Crippen LogP) is 4.91. The van der Waals surface area contributed by atoms with Crippen LogP contribution in [-0.2, 0) is 0 Å². The summed E-state index contributed by atoms with van der Waals surface area (Å²) < 4.78 is 0. The van der Waals surface area contributed by atoms with E-state index in [-0.39, 0.29) is 0 Å². The summed E-state index contributed by atoms with van der Waals surface area (Å²) in [5.41, 5.74) is 2.77. The lowest BCUT2D eigenvalue weighted by molar-refractivity contribution is 0.276. The van der Waals surface area contributed by atoms with Crippen LogP contribution in [0.2, 0.25) is 0 Å². The van der Waals surface area contributed by atoms with Crippen molar-refractivity contribution in [3.05, 3.63) is 24.3 Å². The van der Waals surface area contributed by atoms with Crippen LogP contribution in [0.3, 0.4) is 0 Å². The summed E-state index contributed by atoms with van der Waals surface area (Å²) >= 11 is 0. The number of benzene rings is 1. The molecule has 0 aromatic heterocycles. The highest BCUT2D eigenvalue weighted by atomic mass is 15.2. The molecular weight excluding hydrogens is 256 g/mol. The average molecular weight is 286 g/mol. The third-order valence-electron chi connectivity index (χ3n) is 5.37. The van der Waals surface area contributed by atoms with Crippen molar-refractivity contribution in [2.45, 2.75) is 58.4 Å². The van der Waals surface area contributed by atoms with Crippen LogP contribution in [0.25, 0.3) is 0 Å². The lowest BCUT2D eigenvalue weighted by Gasteiger charge is -2.36. The molecule has 116 valence electrons. The van der Waals surface area contributed by atoms with Crippen molar-refractivity contribution in [1.29, 1.82) is 0 Å². The van der Waals surface area contributed by atoms with Gasteiger partial charge in [-0.1, -0.05) is 26.0 Å². The number of nitrogens with one attached hydrogen (secondary N) is 1. The molecule has 1 N–H and O–H groups in total. The van der Waals surface area contributed by atoms with Crippen LogP contribution in [0.4, 0.5) is 11.4 Å². The van der Waals surface area contributed by atoms with E-state index in [0.29, 0.717) is 6.04 Å². The van der Waals surface area contributed by atoms with Crippen LogP contribution in [0, 0.1) is 11.8 Å². The maximum atomic E-state index is 3.88. The number of nitrogens with zero attached hydrogens (tertiary/aromatic N) is 1. The molecule has 0 amide bonds.